The number of halogens is 1. The summed E-state index contributed by atoms with van der Waals surface area (Å²) in [6, 6.07) is 7.94. The molecule has 0 spiro atoms. The van der Waals surface area contributed by atoms with E-state index < -0.39 is 0 Å². The SMILES string of the molecule is Cc1cc(C(Cl)c2ccc3c(c2)CC(=O)N3C)c(C)o1. The minimum atomic E-state index is -0.251. The highest BCUT2D eigenvalue weighted by atomic mass is 35.5. The summed E-state index contributed by atoms with van der Waals surface area (Å²) >= 11 is 6.57. The van der Waals surface area contributed by atoms with Gasteiger partial charge in [-0.15, -0.1) is 11.6 Å². The number of carbonyl (C=O) groups excluding carboxylic acids is 1. The van der Waals surface area contributed by atoms with Crippen LogP contribution in [0.5, 0.6) is 0 Å². The standard InChI is InChI=1S/C16H16ClNO2/c1-9-6-13(10(2)20-9)16(17)11-4-5-14-12(7-11)8-15(19)18(14)3/h4-7,16H,8H2,1-3H3. The van der Waals surface area contributed by atoms with Crippen LogP contribution in [0.25, 0.3) is 0 Å². The molecule has 2 aromatic rings. The molecular formula is C16H16ClNO2. The average Bonchev–Trinajstić information content (AvgIpc) is 2.89. The van der Waals surface area contributed by atoms with Crippen molar-refractivity contribution in [3.8, 4) is 0 Å². The lowest BCUT2D eigenvalue weighted by Crippen LogP contribution is -2.20. The first-order valence-electron chi connectivity index (χ1n) is 6.57. The van der Waals surface area contributed by atoms with Crippen molar-refractivity contribution < 1.29 is 9.21 Å². The number of fused-ring (bicyclic) bond motifs is 1. The summed E-state index contributed by atoms with van der Waals surface area (Å²) in [5, 5.41) is -0.251. The third kappa shape index (κ3) is 2.02. The van der Waals surface area contributed by atoms with Crippen LogP contribution in [0.15, 0.2) is 28.7 Å². The first-order valence-corrected chi connectivity index (χ1v) is 7.01. The van der Waals surface area contributed by atoms with Crippen LogP contribution >= 0.6 is 11.6 Å². The second-order valence-corrected chi connectivity index (χ2v) is 5.69. The van der Waals surface area contributed by atoms with Gasteiger partial charge in [0.25, 0.3) is 0 Å². The number of carbonyl (C=O) groups is 1. The monoisotopic (exact) mass is 289 g/mol. The van der Waals surface area contributed by atoms with Gasteiger partial charge in [-0.25, -0.2) is 0 Å². The summed E-state index contributed by atoms with van der Waals surface area (Å²) < 4.78 is 5.54. The zero-order chi connectivity index (χ0) is 14.4. The van der Waals surface area contributed by atoms with E-state index in [1.165, 1.54) is 0 Å². The topological polar surface area (TPSA) is 33.5 Å². The second kappa shape index (κ2) is 4.67. The number of hydrogen-bond acceptors (Lipinski definition) is 2. The molecular weight excluding hydrogens is 274 g/mol. The number of furan rings is 1. The first kappa shape index (κ1) is 13.3. The van der Waals surface area contributed by atoms with Crippen LogP contribution in [0.1, 0.15) is 33.6 Å². The number of benzene rings is 1. The van der Waals surface area contributed by atoms with E-state index in [9.17, 15) is 4.79 Å². The fourth-order valence-corrected chi connectivity index (χ4v) is 3.08. The maximum Gasteiger partial charge on any atom is 0.231 e. The van der Waals surface area contributed by atoms with Crippen molar-refractivity contribution in [2.75, 3.05) is 11.9 Å². The van der Waals surface area contributed by atoms with E-state index in [0.29, 0.717) is 6.42 Å². The Bertz CT molecular complexity index is 690. The van der Waals surface area contributed by atoms with E-state index >= 15 is 0 Å². The summed E-state index contributed by atoms with van der Waals surface area (Å²) in [5.74, 6) is 1.83. The van der Waals surface area contributed by atoms with Crippen molar-refractivity contribution in [3.05, 3.63) is 52.5 Å². The van der Waals surface area contributed by atoms with Gasteiger partial charge in [-0.1, -0.05) is 12.1 Å². The summed E-state index contributed by atoms with van der Waals surface area (Å²) in [6.07, 6.45) is 0.451. The molecule has 1 aliphatic heterocycles. The lowest BCUT2D eigenvalue weighted by molar-refractivity contribution is -0.117. The third-order valence-electron chi connectivity index (χ3n) is 3.83. The molecule has 4 heteroatoms. The van der Waals surface area contributed by atoms with Crippen molar-refractivity contribution in [2.45, 2.75) is 25.6 Å². The Morgan fingerprint density at radius 1 is 1.30 bits per heavy atom. The Hall–Kier alpha value is -1.74. The van der Waals surface area contributed by atoms with Crippen LogP contribution in [0.3, 0.4) is 0 Å². The van der Waals surface area contributed by atoms with Gasteiger partial charge in [0.2, 0.25) is 5.91 Å². The molecule has 104 valence electrons. The minimum absolute atomic E-state index is 0.124. The highest BCUT2D eigenvalue weighted by Gasteiger charge is 2.25. The van der Waals surface area contributed by atoms with Crippen LogP contribution in [-0.2, 0) is 11.2 Å². The van der Waals surface area contributed by atoms with Gasteiger partial charge in [0.15, 0.2) is 0 Å². The molecule has 1 aromatic carbocycles. The molecule has 3 rings (SSSR count). The normalized spacial score (nSPS) is 15.6. The van der Waals surface area contributed by atoms with Crippen LogP contribution in [0, 0.1) is 13.8 Å². The Morgan fingerprint density at radius 2 is 2.05 bits per heavy atom. The number of amides is 1. The quantitative estimate of drug-likeness (QED) is 0.789. The molecule has 0 aliphatic carbocycles. The van der Waals surface area contributed by atoms with Crippen molar-refractivity contribution in [1.29, 1.82) is 0 Å². The van der Waals surface area contributed by atoms with Crippen molar-refractivity contribution in [3.63, 3.8) is 0 Å². The van der Waals surface area contributed by atoms with Crippen molar-refractivity contribution in [2.24, 2.45) is 0 Å². The lowest BCUT2D eigenvalue weighted by atomic mass is 10.0. The summed E-state index contributed by atoms with van der Waals surface area (Å²) in [7, 11) is 1.80. The maximum atomic E-state index is 11.7. The Kier molecular flexibility index (Phi) is 3.09. The molecule has 0 fully saturated rings. The predicted molar refractivity (Wildman–Crippen MR) is 79.4 cm³/mol. The number of anilines is 1. The molecule has 1 unspecified atom stereocenters. The zero-order valence-corrected chi connectivity index (χ0v) is 12.5. The molecule has 0 saturated carbocycles. The minimum Gasteiger partial charge on any atom is -0.466 e. The summed E-state index contributed by atoms with van der Waals surface area (Å²) in [5.41, 5.74) is 4.00. The van der Waals surface area contributed by atoms with Crippen molar-refractivity contribution >= 4 is 23.2 Å². The fourth-order valence-electron chi connectivity index (χ4n) is 2.73. The van der Waals surface area contributed by atoms with Crippen molar-refractivity contribution in [1.82, 2.24) is 0 Å². The maximum absolute atomic E-state index is 11.7. The van der Waals surface area contributed by atoms with Gasteiger partial charge in [0.1, 0.15) is 11.5 Å². The van der Waals surface area contributed by atoms with E-state index in [4.69, 9.17) is 16.0 Å². The van der Waals surface area contributed by atoms with Gasteiger partial charge in [-0.3, -0.25) is 4.79 Å². The molecule has 1 aromatic heterocycles. The molecule has 0 radical (unpaired) electrons. The van der Waals surface area contributed by atoms with Gasteiger partial charge in [-0.2, -0.15) is 0 Å². The predicted octanol–water partition coefficient (Wildman–Crippen LogP) is 3.74. The summed E-state index contributed by atoms with van der Waals surface area (Å²) in [4.78, 5) is 13.4. The highest BCUT2D eigenvalue weighted by molar-refractivity contribution is 6.22. The molecule has 0 saturated heterocycles. The summed E-state index contributed by atoms with van der Waals surface area (Å²) in [6.45, 7) is 3.83. The zero-order valence-electron chi connectivity index (χ0n) is 11.7. The lowest BCUT2D eigenvalue weighted by Gasteiger charge is -2.13. The number of hydrogen-bond donors (Lipinski definition) is 0. The van der Waals surface area contributed by atoms with E-state index in [-0.39, 0.29) is 11.3 Å². The largest absolute Gasteiger partial charge is 0.466 e. The van der Waals surface area contributed by atoms with Gasteiger partial charge < -0.3 is 9.32 Å². The number of nitrogens with zero attached hydrogens (tertiary/aromatic N) is 1. The Morgan fingerprint density at radius 3 is 2.70 bits per heavy atom. The van der Waals surface area contributed by atoms with Crippen LogP contribution in [0.4, 0.5) is 5.69 Å². The third-order valence-corrected chi connectivity index (χ3v) is 4.31. The smallest absolute Gasteiger partial charge is 0.231 e. The van der Waals surface area contributed by atoms with Gasteiger partial charge in [0, 0.05) is 18.3 Å². The average molecular weight is 290 g/mol. The molecule has 0 N–H and O–H groups in total. The number of rotatable bonds is 2. The highest BCUT2D eigenvalue weighted by Crippen LogP contribution is 2.36. The van der Waals surface area contributed by atoms with Crippen LogP contribution < -0.4 is 4.90 Å². The van der Waals surface area contributed by atoms with E-state index in [2.05, 4.69) is 0 Å². The van der Waals surface area contributed by atoms with Crippen LogP contribution in [-0.4, -0.2) is 13.0 Å². The number of alkyl halides is 1. The molecule has 3 nitrogen and oxygen atoms in total. The second-order valence-electron chi connectivity index (χ2n) is 5.25. The van der Waals surface area contributed by atoms with E-state index in [1.807, 2.05) is 38.1 Å². The molecule has 20 heavy (non-hydrogen) atoms. The van der Waals surface area contributed by atoms with E-state index in [1.54, 1.807) is 11.9 Å². The Balaban J connectivity index is 1.98. The van der Waals surface area contributed by atoms with Gasteiger partial charge >= 0.3 is 0 Å². The molecule has 1 aliphatic rings. The molecule has 2 heterocycles. The number of likely N-dealkylation sites (N-methyl/N-ethyl adjacent to an activating group) is 1. The van der Waals surface area contributed by atoms with E-state index in [0.717, 1.165) is 33.9 Å². The van der Waals surface area contributed by atoms with Gasteiger partial charge in [0.05, 0.1) is 11.8 Å². The molecule has 0 bridgehead atoms. The number of aryl methyl sites for hydroxylation is 2. The fraction of sp³-hybridized carbons (Fsp3) is 0.312. The Labute approximate surface area is 123 Å². The van der Waals surface area contributed by atoms with Gasteiger partial charge in [-0.05, 0) is 37.1 Å². The molecule has 1 amide bonds. The molecule has 1 atom stereocenters. The first-order chi connectivity index (χ1) is 9.47. The van der Waals surface area contributed by atoms with Crippen LogP contribution in [0.2, 0.25) is 0 Å².